The third kappa shape index (κ3) is 8.87. The Balaban J connectivity index is 0. The van der Waals surface area contributed by atoms with Crippen LogP contribution in [0.4, 0.5) is 0 Å². The molecule has 0 fully saturated rings. The summed E-state index contributed by atoms with van der Waals surface area (Å²) in [6.45, 7) is 0. The molecule has 0 unspecified atom stereocenters. The predicted octanol–water partition coefficient (Wildman–Crippen LogP) is -0.739. The van der Waals surface area contributed by atoms with E-state index in [1.54, 1.807) is 0 Å². The van der Waals surface area contributed by atoms with Crippen molar-refractivity contribution in [3.63, 3.8) is 0 Å². The van der Waals surface area contributed by atoms with E-state index in [9.17, 15) is 0 Å². The van der Waals surface area contributed by atoms with Crippen LogP contribution < -0.4 is 0 Å². The van der Waals surface area contributed by atoms with Crippen LogP contribution in [0.3, 0.4) is 0 Å². The van der Waals surface area contributed by atoms with E-state index in [1.807, 2.05) is 0 Å². The summed E-state index contributed by atoms with van der Waals surface area (Å²) in [6, 6.07) is 0. The topological polar surface area (TPSA) is 0 Å². The van der Waals surface area contributed by atoms with Crippen molar-refractivity contribution in [2.24, 2.45) is 0 Å². The van der Waals surface area contributed by atoms with E-state index in [0.717, 1.165) is 0 Å². The minimum Gasteiger partial charge on any atom is -0.358 e. The second-order valence-corrected chi connectivity index (χ2v) is 0. The molecule has 0 amide bonds. The molecule has 0 saturated carbocycles. The molecule has 0 N–H and O–H groups in total. The number of hydrogen-bond acceptors (Lipinski definition) is 0. The summed E-state index contributed by atoms with van der Waals surface area (Å²) in [4.78, 5) is 0. The Labute approximate surface area is 74.2 Å². The zero-order valence-electron chi connectivity index (χ0n) is 2.43. The van der Waals surface area contributed by atoms with Crippen molar-refractivity contribution >= 4 is 26.2 Å². The van der Waals surface area contributed by atoms with Crippen LogP contribution in [-0.4, -0.2) is 26.2 Å². The third-order valence-corrected chi connectivity index (χ3v) is 0. The molecule has 4 heavy (non-hydrogen) atoms. The maximum atomic E-state index is 0. The molecule has 0 rings (SSSR count). The molecule has 3 heteroatoms. The van der Waals surface area contributed by atoms with Gasteiger partial charge in [0.05, 0.1) is 0 Å². The van der Waals surface area contributed by atoms with Gasteiger partial charge in [-0.2, -0.15) is 0 Å². The first-order chi connectivity index (χ1) is 0. The molecule has 0 aliphatic heterocycles. The fourth-order valence-corrected chi connectivity index (χ4v) is 0. The molecule has 0 aromatic heterocycles. The minimum absolute atomic E-state index is 0. The molecule has 0 radical (unpaired) electrons. The molecule has 0 saturated heterocycles. The van der Waals surface area contributed by atoms with Gasteiger partial charge in [-0.25, -0.2) is 0 Å². The summed E-state index contributed by atoms with van der Waals surface area (Å²) in [6.07, 6.45) is 0. The smallest absolute Gasteiger partial charge is 0 e. The standard InChI is InChI=1S/CH3.Bi.Mo.Pd.3H/h1H3;;;;;;/q-1;;;;;;. The number of rotatable bonds is 0. The molecule has 32 valence electrons. The molecule has 0 bridgehead atoms. The van der Waals surface area contributed by atoms with E-state index in [0.29, 0.717) is 0 Å². The number of hydrogen-bond donors (Lipinski definition) is 0. The summed E-state index contributed by atoms with van der Waals surface area (Å²) in [5.41, 5.74) is 0. The van der Waals surface area contributed by atoms with Gasteiger partial charge in [0.2, 0.25) is 0 Å². The Hall–Kier alpha value is 2.23. The maximum Gasteiger partial charge on any atom is 0 e. The summed E-state index contributed by atoms with van der Waals surface area (Å²) in [7, 11) is 0. The SMILES string of the molecule is [BiH3].[CH3-].[Mo].[Pd]. The van der Waals surface area contributed by atoms with Gasteiger partial charge in [-0.3, -0.25) is 0 Å². The van der Waals surface area contributed by atoms with Crippen molar-refractivity contribution in [2.45, 2.75) is 0 Å². The molecular formula is CH6BiMoPd-. The molecule has 0 aromatic rings. The van der Waals surface area contributed by atoms with Crippen LogP contribution in [-0.2, 0) is 41.5 Å². The van der Waals surface area contributed by atoms with Gasteiger partial charge < -0.3 is 7.43 Å². The normalized spacial score (nSPS) is 0. The van der Waals surface area contributed by atoms with Gasteiger partial charge in [0.25, 0.3) is 0 Å². The van der Waals surface area contributed by atoms with Crippen LogP contribution in [0.1, 0.15) is 0 Å². The van der Waals surface area contributed by atoms with Crippen molar-refractivity contribution in [1.29, 1.82) is 0 Å². The van der Waals surface area contributed by atoms with Crippen molar-refractivity contribution < 1.29 is 41.5 Å². The van der Waals surface area contributed by atoms with Gasteiger partial charge >= 0.3 is 26.2 Å². The third-order valence-electron chi connectivity index (χ3n) is 0. The fraction of sp³-hybridized carbons (Fsp3) is 0. The van der Waals surface area contributed by atoms with Crippen molar-refractivity contribution in [3.8, 4) is 0 Å². The van der Waals surface area contributed by atoms with E-state index in [-0.39, 0.29) is 75.1 Å². The van der Waals surface area contributed by atoms with Crippen LogP contribution in [0, 0.1) is 7.43 Å². The zero-order valence-corrected chi connectivity index (χ0v) is 11.5. The van der Waals surface area contributed by atoms with Gasteiger partial charge in [-0.05, 0) is 0 Å². The largest absolute Gasteiger partial charge is 0.358 e. The molecule has 0 aromatic carbocycles. The van der Waals surface area contributed by atoms with Crippen LogP contribution in [0.5, 0.6) is 0 Å². The van der Waals surface area contributed by atoms with Crippen LogP contribution in [0.25, 0.3) is 0 Å². The van der Waals surface area contributed by atoms with Crippen molar-refractivity contribution in [3.05, 3.63) is 7.43 Å². The summed E-state index contributed by atoms with van der Waals surface area (Å²) < 4.78 is 0. The van der Waals surface area contributed by atoms with Crippen molar-refractivity contribution in [1.82, 2.24) is 0 Å². The maximum absolute atomic E-state index is 0. The first-order valence-corrected chi connectivity index (χ1v) is 0. The Morgan fingerprint density at radius 2 is 1.00 bits per heavy atom. The van der Waals surface area contributed by atoms with E-state index in [2.05, 4.69) is 0 Å². The van der Waals surface area contributed by atoms with Crippen molar-refractivity contribution in [2.75, 3.05) is 0 Å². The van der Waals surface area contributed by atoms with E-state index < -0.39 is 0 Å². The Morgan fingerprint density at radius 1 is 1.00 bits per heavy atom. The molecular weight excluding hydrogens is 423 g/mol. The van der Waals surface area contributed by atoms with Crippen LogP contribution in [0.15, 0.2) is 0 Å². The Bertz CT molecular complexity index is 8.00. The molecule has 0 nitrogen and oxygen atoms in total. The zero-order chi connectivity index (χ0) is 0. The van der Waals surface area contributed by atoms with Gasteiger partial charge in [0, 0.05) is 41.5 Å². The van der Waals surface area contributed by atoms with Crippen LogP contribution in [0.2, 0.25) is 0 Å². The predicted molar refractivity (Wildman–Crippen MR) is 16.4 cm³/mol. The van der Waals surface area contributed by atoms with Crippen LogP contribution >= 0.6 is 0 Å². The van der Waals surface area contributed by atoms with Gasteiger partial charge in [0.1, 0.15) is 0 Å². The molecule has 0 heterocycles. The molecule has 0 aliphatic carbocycles. The Morgan fingerprint density at radius 3 is 1.00 bits per heavy atom. The van der Waals surface area contributed by atoms with E-state index in [4.69, 9.17) is 0 Å². The monoisotopic (exact) mass is 431 g/mol. The quantitative estimate of drug-likeness (QED) is 0.352. The second-order valence-electron chi connectivity index (χ2n) is 0. The first kappa shape index (κ1) is 34.2. The molecule has 0 aliphatic rings. The average Bonchev–Trinajstić information content (AvgIpc) is 0. The molecule has 0 atom stereocenters. The van der Waals surface area contributed by atoms with E-state index >= 15 is 0 Å². The summed E-state index contributed by atoms with van der Waals surface area (Å²) >= 11 is 0. The van der Waals surface area contributed by atoms with E-state index in [1.165, 1.54) is 0 Å². The van der Waals surface area contributed by atoms with Gasteiger partial charge in [-0.15, -0.1) is 0 Å². The molecule has 0 spiro atoms. The Kier molecular flexibility index (Phi) is 161. The second kappa shape index (κ2) is 18.8. The minimum atomic E-state index is 0. The average molecular weight is 429 g/mol. The summed E-state index contributed by atoms with van der Waals surface area (Å²) in [5.74, 6) is 0. The fourth-order valence-electron chi connectivity index (χ4n) is 0. The van der Waals surface area contributed by atoms with Gasteiger partial charge in [-0.1, -0.05) is 0 Å². The first-order valence-electron chi connectivity index (χ1n) is 0. The van der Waals surface area contributed by atoms with Gasteiger partial charge in [0.15, 0.2) is 0 Å². The summed E-state index contributed by atoms with van der Waals surface area (Å²) in [5, 5.41) is 0.